The predicted octanol–water partition coefficient (Wildman–Crippen LogP) is 4.13. The third-order valence-corrected chi connectivity index (χ3v) is 5.49. The molecule has 7 heteroatoms. The highest BCUT2D eigenvalue weighted by Gasteiger charge is 2.44. The van der Waals surface area contributed by atoms with Crippen LogP contribution in [-0.2, 0) is 11.3 Å². The first-order valence-corrected chi connectivity index (χ1v) is 9.50. The minimum absolute atomic E-state index is 0.0263. The van der Waals surface area contributed by atoms with E-state index in [4.69, 9.17) is 4.42 Å². The summed E-state index contributed by atoms with van der Waals surface area (Å²) in [4.78, 5) is 28.3. The lowest BCUT2D eigenvalue weighted by Gasteiger charge is -2.26. The normalized spacial score (nSPS) is 16.8. The number of carbonyl (C=O) groups is 2. The molecule has 0 radical (unpaired) electrons. The van der Waals surface area contributed by atoms with Crippen LogP contribution in [0.4, 0.5) is 0 Å². The Morgan fingerprint density at radius 2 is 1.89 bits per heavy atom. The molecule has 0 fully saturated rings. The number of phenols is 1. The Morgan fingerprint density at radius 1 is 1.14 bits per heavy atom. The Balaban J connectivity index is 1.80. The van der Waals surface area contributed by atoms with Gasteiger partial charge in [0.2, 0.25) is 5.78 Å². The minimum Gasteiger partial charge on any atom is -0.508 e. The molecule has 1 aromatic carbocycles. The lowest BCUT2D eigenvalue weighted by molar-refractivity contribution is -0.130. The number of ketones is 1. The number of amides is 1. The minimum atomic E-state index is -0.784. The van der Waals surface area contributed by atoms with E-state index in [2.05, 4.69) is 0 Å². The predicted molar refractivity (Wildman–Crippen MR) is 103 cm³/mol. The van der Waals surface area contributed by atoms with Crippen LogP contribution in [0.3, 0.4) is 0 Å². The van der Waals surface area contributed by atoms with Crippen molar-refractivity contribution >= 4 is 23.0 Å². The van der Waals surface area contributed by atoms with E-state index in [1.54, 1.807) is 25.1 Å². The van der Waals surface area contributed by atoms with Gasteiger partial charge >= 0.3 is 0 Å². The second-order valence-electron chi connectivity index (χ2n) is 6.51. The number of nitrogens with zero attached hydrogens (tertiary/aromatic N) is 1. The van der Waals surface area contributed by atoms with Crippen molar-refractivity contribution in [3.05, 3.63) is 87.2 Å². The summed E-state index contributed by atoms with van der Waals surface area (Å²) in [7, 11) is 0. The summed E-state index contributed by atoms with van der Waals surface area (Å²) >= 11 is 1.48. The number of aliphatic hydroxyl groups excluding tert-OH is 1. The summed E-state index contributed by atoms with van der Waals surface area (Å²) in [6, 6.07) is 12.4. The molecular weight excluding hydrogens is 378 g/mol. The van der Waals surface area contributed by atoms with Crippen LogP contribution in [0.1, 0.15) is 32.8 Å². The summed E-state index contributed by atoms with van der Waals surface area (Å²) in [6.07, 6.45) is 0. The number of hydrogen-bond donors (Lipinski definition) is 2. The highest BCUT2D eigenvalue weighted by Crippen LogP contribution is 2.40. The maximum absolute atomic E-state index is 13.1. The summed E-state index contributed by atoms with van der Waals surface area (Å²) in [5.41, 5.74) is 0.583. The molecule has 0 aliphatic carbocycles. The van der Waals surface area contributed by atoms with Gasteiger partial charge in [-0.1, -0.05) is 18.2 Å². The van der Waals surface area contributed by atoms with Crippen LogP contribution < -0.4 is 0 Å². The second-order valence-corrected chi connectivity index (χ2v) is 7.54. The largest absolute Gasteiger partial charge is 0.508 e. The number of hydrogen-bond acceptors (Lipinski definition) is 6. The van der Waals surface area contributed by atoms with E-state index >= 15 is 0 Å². The van der Waals surface area contributed by atoms with E-state index in [1.807, 2.05) is 17.5 Å². The molecule has 4 rings (SSSR count). The number of Topliss-reactive ketones (excluding diaryl/α,β-unsaturated/α-hetero) is 1. The van der Waals surface area contributed by atoms with Crippen molar-refractivity contribution in [2.45, 2.75) is 19.5 Å². The Kier molecular flexibility index (Phi) is 4.52. The van der Waals surface area contributed by atoms with E-state index < -0.39 is 23.5 Å². The molecule has 6 nitrogen and oxygen atoms in total. The Labute approximate surface area is 165 Å². The Morgan fingerprint density at radius 3 is 2.50 bits per heavy atom. The molecule has 2 aromatic heterocycles. The van der Waals surface area contributed by atoms with Gasteiger partial charge in [0, 0.05) is 4.88 Å². The van der Waals surface area contributed by atoms with Crippen LogP contribution in [0.5, 0.6) is 5.75 Å². The number of aromatic hydroxyl groups is 1. The quantitative estimate of drug-likeness (QED) is 0.634. The summed E-state index contributed by atoms with van der Waals surface area (Å²) in [5.74, 6) is -1.03. The highest BCUT2D eigenvalue weighted by molar-refractivity contribution is 7.09. The fraction of sp³-hybridized carbons (Fsp3) is 0.143. The first kappa shape index (κ1) is 18.1. The second kappa shape index (κ2) is 7.01. The standard InChI is InChI=1S/C21H17NO5S/c1-12-4-9-16(27-12)19(24)17-18(13-5-7-14(23)8-6-13)22(21(26)20(17)25)11-15-3-2-10-28-15/h2-10,18,23,25H,11H2,1H3. The number of thiophene rings is 1. The van der Waals surface area contributed by atoms with Crippen molar-refractivity contribution in [3.63, 3.8) is 0 Å². The lowest BCUT2D eigenvalue weighted by atomic mass is 9.95. The number of phenolic OH excluding ortho intramolecular Hbond substituents is 1. The monoisotopic (exact) mass is 395 g/mol. The molecule has 0 saturated heterocycles. The van der Waals surface area contributed by atoms with Crippen molar-refractivity contribution in [2.75, 3.05) is 0 Å². The van der Waals surface area contributed by atoms with Crippen molar-refractivity contribution in [3.8, 4) is 5.75 Å². The Hall–Kier alpha value is -3.32. The van der Waals surface area contributed by atoms with Crippen LogP contribution in [0.15, 0.2) is 69.7 Å². The molecule has 0 bridgehead atoms. The van der Waals surface area contributed by atoms with Crippen LogP contribution in [0.2, 0.25) is 0 Å². The van der Waals surface area contributed by atoms with Gasteiger partial charge in [-0.05, 0) is 48.2 Å². The molecule has 1 aliphatic heterocycles. The molecule has 142 valence electrons. The average molecular weight is 395 g/mol. The lowest BCUT2D eigenvalue weighted by Crippen LogP contribution is -2.30. The van der Waals surface area contributed by atoms with E-state index in [1.165, 1.54) is 34.4 Å². The number of furan rings is 1. The zero-order chi connectivity index (χ0) is 19.8. The maximum Gasteiger partial charge on any atom is 0.290 e. The van der Waals surface area contributed by atoms with Gasteiger partial charge in [-0.3, -0.25) is 9.59 Å². The molecular formula is C21H17NO5S. The van der Waals surface area contributed by atoms with Gasteiger partial charge in [-0.2, -0.15) is 0 Å². The summed E-state index contributed by atoms with van der Waals surface area (Å²) < 4.78 is 5.42. The number of carbonyl (C=O) groups excluding carboxylic acids is 2. The van der Waals surface area contributed by atoms with E-state index in [9.17, 15) is 19.8 Å². The van der Waals surface area contributed by atoms with E-state index in [-0.39, 0.29) is 23.6 Å². The zero-order valence-corrected chi connectivity index (χ0v) is 15.8. The molecule has 0 saturated carbocycles. The first-order chi connectivity index (χ1) is 13.5. The van der Waals surface area contributed by atoms with Gasteiger partial charge in [-0.15, -0.1) is 11.3 Å². The topological polar surface area (TPSA) is 91.0 Å². The average Bonchev–Trinajstić information content (AvgIpc) is 3.40. The van der Waals surface area contributed by atoms with Crippen LogP contribution in [-0.4, -0.2) is 26.8 Å². The van der Waals surface area contributed by atoms with Crippen molar-refractivity contribution < 1.29 is 24.2 Å². The molecule has 3 heterocycles. The van der Waals surface area contributed by atoms with Crippen LogP contribution >= 0.6 is 11.3 Å². The van der Waals surface area contributed by atoms with Gasteiger partial charge in [0.15, 0.2) is 11.5 Å². The van der Waals surface area contributed by atoms with Gasteiger partial charge in [0.25, 0.3) is 5.91 Å². The molecule has 2 N–H and O–H groups in total. The molecule has 3 aromatic rings. The SMILES string of the molecule is Cc1ccc(C(=O)C2=C(O)C(=O)N(Cc3cccs3)C2c2ccc(O)cc2)o1. The van der Waals surface area contributed by atoms with Gasteiger partial charge in [0.05, 0.1) is 18.2 Å². The number of rotatable bonds is 5. The third-order valence-electron chi connectivity index (χ3n) is 4.63. The van der Waals surface area contributed by atoms with E-state index in [0.29, 0.717) is 11.3 Å². The molecule has 0 spiro atoms. The van der Waals surface area contributed by atoms with Crippen LogP contribution in [0, 0.1) is 6.92 Å². The third kappa shape index (κ3) is 3.10. The van der Waals surface area contributed by atoms with E-state index in [0.717, 1.165) is 4.88 Å². The Bertz CT molecular complexity index is 1060. The molecule has 1 unspecified atom stereocenters. The first-order valence-electron chi connectivity index (χ1n) is 8.62. The van der Waals surface area contributed by atoms with Crippen LogP contribution in [0.25, 0.3) is 0 Å². The number of benzene rings is 1. The van der Waals surface area contributed by atoms with Gasteiger partial charge < -0.3 is 19.5 Å². The zero-order valence-electron chi connectivity index (χ0n) is 15.0. The van der Waals surface area contributed by atoms with Crippen molar-refractivity contribution in [1.29, 1.82) is 0 Å². The number of aliphatic hydroxyl groups is 1. The fourth-order valence-electron chi connectivity index (χ4n) is 3.31. The highest BCUT2D eigenvalue weighted by atomic mass is 32.1. The smallest absolute Gasteiger partial charge is 0.290 e. The number of aryl methyl sites for hydroxylation is 1. The summed E-state index contributed by atoms with van der Waals surface area (Å²) in [5, 5.41) is 22.1. The fourth-order valence-corrected chi connectivity index (χ4v) is 4.01. The molecule has 28 heavy (non-hydrogen) atoms. The molecule has 1 atom stereocenters. The molecule has 1 aliphatic rings. The summed E-state index contributed by atoms with van der Waals surface area (Å²) in [6.45, 7) is 1.96. The van der Waals surface area contributed by atoms with Gasteiger partial charge in [-0.25, -0.2) is 0 Å². The van der Waals surface area contributed by atoms with Crippen molar-refractivity contribution in [2.24, 2.45) is 0 Å². The van der Waals surface area contributed by atoms with Crippen molar-refractivity contribution in [1.82, 2.24) is 4.90 Å². The molecule has 1 amide bonds. The maximum atomic E-state index is 13.1. The van der Waals surface area contributed by atoms with Gasteiger partial charge in [0.1, 0.15) is 11.5 Å².